The zero-order valence-electron chi connectivity index (χ0n) is 21.9. The molecule has 8 nitrogen and oxygen atoms in total. The summed E-state index contributed by atoms with van der Waals surface area (Å²) in [5.41, 5.74) is 0.835. The lowest BCUT2D eigenvalue weighted by Gasteiger charge is -2.20. The van der Waals surface area contributed by atoms with Crippen LogP contribution in [-0.4, -0.2) is 20.8 Å². The van der Waals surface area contributed by atoms with Crippen LogP contribution in [0.1, 0.15) is 37.7 Å². The second-order valence-electron chi connectivity index (χ2n) is 10.2. The molecule has 0 saturated heterocycles. The van der Waals surface area contributed by atoms with Crippen molar-refractivity contribution in [3.63, 3.8) is 0 Å². The highest BCUT2D eigenvalue weighted by atomic mass is 79.9. The van der Waals surface area contributed by atoms with Gasteiger partial charge in [-0.05, 0) is 56.5 Å². The lowest BCUT2D eigenvalue weighted by atomic mass is 9.95. The van der Waals surface area contributed by atoms with Crippen LogP contribution >= 0.6 is 31.9 Å². The van der Waals surface area contributed by atoms with Gasteiger partial charge >= 0.3 is 5.69 Å². The zero-order chi connectivity index (χ0) is 28.6. The second kappa shape index (κ2) is 10.9. The van der Waals surface area contributed by atoms with Crippen molar-refractivity contribution < 1.29 is 9.66 Å². The van der Waals surface area contributed by atoms with Gasteiger partial charge in [-0.1, -0.05) is 79.2 Å². The molecule has 0 atom stereocenters. The Bertz CT molecular complexity index is 1870. The molecule has 0 fully saturated rings. The number of nitro groups is 1. The van der Waals surface area contributed by atoms with E-state index in [1.165, 1.54) is 17.0 Å². The van der Waals surface area contributed by atoms with Crippen molar-refractivity contribution in [2.24, 2.45) is 5.10 Å². The maximum Gasteiger partial charge on any atom is 0.312 e. The summed E-state index contributed by atoms with van der Waals surface area (Å²) in [5, 5.41) is 19.0. The van der Waals surface area contributed by atoms with Crippen molar-refractivity contribution in [1.82, 2.24) is 9.66 Å². The van der Waals surface area contributed by atoms with Gasteiger partial charge in [0.15, 0.2) is 0 Å². The molecule has 202 valence electrons. The topological polar surface area (TPSA) is 99.6 Å². The molecule has 0 saturated carbocycles. The fourth-order valence-electron chi connectivity index (χ4n) is 4.39. The minimum atomic E-state index is -0.498. The highest BCUT2D eigenvalue weighted by molar-refractivity contribution is 9.10. The van der Waals surface area contributed by atoms with E-state index in [0.29, 0.717) is 26.8 Å². The average Bonchev–Trinajstić information content (AvgIpc) is 2.91. The number of hydrogen-bond acceptors (Lipinski definition) is 6. The summed E-state index contributed by atoms with van der Waals surface area (Å²) >= 11 is 6.84. The summed E-state index contributed by atoms with van der Waals surface area (Å²) in [5.74, 6) is 0.576. The molecule has 0 bridgehead atoms. The summed E-state index contributed by atoms with van der Waals surface area (Å²) in [6.45, 7) is 5.97. The maximum absolute atomic E-state index is 13.4. The maximum atomic E-state index is 13.4. The Hall–Kier alpha value is -3.89. The van der Waals surface area contributed by atoms with Crippen molar-refractivity contribution >= 4 is 65.4 Å². The largest absolute Gasteiger partial charge is 0.481 e. The van der Waals surface area contributed by atoms with E-state index in [0.717, 1.165) is 20.8 Å². The van der Waals surface area contributed by atoms with Gasteiger partial charge in [0.05, 0.1) is 26.5 Å². The Labute approximate surface area is 246 Å². The normalized spacial score (nSPS) is 11.9. The lowest BCUT2D eigenvalue weighted by Crippen LogP contribution is -2.29. The fourth-order valence-corrected chi connectivity index (χ4v) is 5.33. The molecule has 5 rings (SSSR count). The molecular formula is C30H24Br2N4O4. The molecule has 4 aromatic carbocycles. The summed E-state index contributed by atoms with van der Waals surface area (Å²) < 4.78 is 8.37. The number of hydrogen-bond donors (Lipinski definition) is 0. The molecule has 0 unspecified atom stereocenters. The molecule has 0 aliphatic rings. The highest BCUT2D eigenvalue weighted by Crippen LogP contribution is 2.37. The third kappa shape index (κ3) is 5.55. The van der Waals surface area contributed by atoms with Crippen molar-refractivity contribution in [2.75, 3.05) is 0 Å². The Morgan fingerprint density at radius 2 is 1.77 bits per heavy atom. The number of nitro benzene ring substituents is 1. The van der Waals surface area contributed by atoms with Crippen LogP contribution < -0.4 is 10.3 Å². The number of ether oxygens (including phenoxy) is 1. The van der Waals surface area contributed by atoms with Crippen molar-refractivity contribution in [2.45, 2.75) is 32.8 Å². The first-order valence-corrected chi connectivity index (χ1v) is 14.0. The predicted molar refractivity (Wildman–Crippen MR) is 164 cm³/mol. The molecule has 0 spiro atoms. The molecule has 40 heavy (non-hydrogen) atoms. The van der Waals surface area contributed by atoms with Crippen LogP contribution in [0.2, 0.25) is 0 Å². The zero-order valence-corrected chi connectivity index (χ0v) is 25.1. The van der Waals surface area contributed by atoms with Crippen molar-refractivity contribution in [3.05, 3.63) is 119 Å². The Morgan fingerprint density at radius 1 is 1.02 bits per heavy atom. The van der Waals surface area contributed by atoms with Gasteiger partial charge in [-0.15, -0.1) is 0 Å². The molecule has 0 aliphatic heterocycles. The quantitative estimate of drug-likeness (QED) is 0.105. The lowest BCUT2D eigenvalue weighted by molar-refractivity contribution is -0.386. The number of benzene rings is 4. The first-order chi connectivity index (χ1) is 19.0. The average molecular weight is 664 g/mol. The van der Waals surface area contributed by atoms with Crippen LogP contribution in [0.5, 0.6) is 5.75 Å². The summed E-state index contributed by atoms with van der Waals surface area (Å²) in [6, 6.07) is 22.1. The molecule has 0 aliphatic carbocycles. The molecule has 5 aromatic rings. The highest BCUT2D eigenvalue weighted by Gasteiger charge is 2.24. The molecule has 1 aromatic heterocycles. The van der Waals surface area contributed by atoms with Gasteiger partial charge in [0.1, 0.15) is 12.4 Å². The predicted octanol–water partition coefficient (Wildman–Crippen LogP) is 7.74. The van der Waals surface area contributed by atoms with E-state index >= 15 is 0 Å². The van der Waals surface area contributed by atoms with Crippen molar-refractivity contribution in [3.8, 4) is 5.75 Å². The monoisotopic (exact) mass is 662 g/mol. The third-order valence-corrected chi connectivity index (χ3v) is 7.38. The number of nitrogens with zero attached hydrogens (tertiary/aromatic N) is 4. The number of fused-ring (bicyclic) bond motifs is 2. The fraction of sp³-hybridized carbons (Fsp3) is 0.167. The Morgan fingerprint density at radius 3 is 2.52 bits per heavy atom. The number of aromatic nitrogens is 2. The van der Waals surface area contributed by atoms with Gasteiger partial charge in [-0.2, -0.15) is 9.78 Å². The van der Waals surface area contributed by atoms with Crippen LogP contribution in [-0.2, 0) is 12.0 Å². The standard InChI is InChI=1S/C30H24Br2N4O4/c1-30(2,3)29-34-25-12-11-21(31)15-23(25)28(37)35(29)33-16-18-13-24(32)27(26(14-18)36(38)39)40-17-20-9-6-8-19-7-4-5-10-22(19)20/h4-16H,17H2,1-3H3. The van der Waals surface area contributed by atoms with E-state index in [1.54, 1.807) is 18.2 Å². The van der Waals surface area contributed by atoms with E-state index in [-0.39, 0.29) is 23.6 Å². The number of rotatable bonds is 6. The summed E-state index contributed by atoms with van der Waals surface area (Å²) in [7, 11) is 0. The van der Waals surface area contributed by atoms with E-state index < -0.39 is 10.3 Å². The van der Waals surface area contributed by atoms with Gasteiger partial charge < -0.3 is 4.74 Å². The van der Waals surface area contributed by atoms with Crippen LogP contribution in [0.4, 0.5) is 5.69 Å². The minimum Gasteiger partial charge on any atom is -0.481 e. The van der Waals surface area contributed by atoms with E-state index in [4.69, 9.17) is 9.72 Å². The molecule has 0 radical (unpaired) electrons. The molecule has 0 N–H and O–H groups in total. The van der Waals surface area contributed by atoms with E-state index in [9.17, 15) is 14.9 Å². The second-order valence-corrected chi connectivity index (χ2v) is 12.0. The van der Waals surface area contributed by atoms with Crippen LogP contribution in [0.25, 0.3) is 21.7 Å². The summed E-state index contributed by atoms with van der Waals surface area (Å²) in [4.78, 5) is 29.7. The molecule has 10 heteroatoms. The molecule has 0 amide bonds. The van der Waals surface area contributed by atoms with E-state index in [1.807, 2.05) is 69.3 Å². The van der Waals surface area contributed by atoms with Gasteiger partial charge in [-0.3, -0.25) is 14.9 Å². The number of halogens is 2. The van der Waals surface area contributed by atoms with Crippen LogP contribution in [0.3, 0.4) is 0 Å². The SMILES string of the molecule is CC(C)(C)c1nc2ccc(Br)cc2c(=O)n1N=Cc1cc(Br)c(OCc2cccc3ccccc23)c([N+](=O)[O-])c1. The molecule has 1 heterocycles. The minimum absolute atomic E-state index is 0.111. The van der Waals surface area contributed by atoms with Crippen LogP contribution in [0, 0.1) is 10.1 Å². The Kier molecular flexibility index (Phi) is 7.57. The Balaban J connectivity index is 1.53. The third-order valence-electron chi connectivity index (χ3n) is 6.30. The first kappa shape index (κ1) is 27.7. The van der Waals surface area contributed by atoms with Gasteiger partial charge in [0.2, 0.25) is 5.75 Å². The molecular weight excluding hydrogens is 640 g/mol. The van der Waals surface area contributed by atoms with Crippen molar-refractivity contribution in [1.29, 1.82) is 0 Å². The van der Waals surface area contributed by atoms with Gasteiger partial charge in [0, 0.05) is 21.5 Å². The first-order valence-electron chi connectivity index (χ1n) is 12.4. The van der Waals surface area contributed by atoms with Crippen LogP contribution in [0.15, 0.2) is 91.6 Å². The summed E-state index contributed by atoms with van der Waals surface area (Å²) in [6.07, 6.45) is 1.41. The van der Waals surface area contributed by atoms with E-state index in [2.05, 4.69) is 37.0 Å². The smallest absolute Gasteiger partial charge is 0.312 e. The van der Waals surface area contributed by atoms with Gasteiger partial charge in [-0.25, -0.2) is 4.98 Å². The van der Waals surface area contributed by atoms with Gasteiger partial charge in [0.25, 0.3) is 5.56 Å².